The molecule has 0 aliphatic carbocycles. The number of carbonyl (C=O) groups is 1. The molecule has 5 nitrogen and oxygen atoms in total. The minimum atomic E-state index is -0.148. The summed E-state index contributed by atoms with van der Waals surface area (Å²) in [6.07, 6.45) is 0.697. The predicted octanol–water partition coefficient (Wildman–Crippen LogP) is 3.91. The van der Waals surface area contributed by atoms with E-state index in [1.807, 2.05) is 73.3 Å². The molecule has 2 aromatic carbocycles. The molecule has 1 heterocycles. The van der Waals surface area contributed by atoms with Crippen LogP contribution < -0.4 is 10.3 Å². The summed E-state index contributed by atoms with van der Waals surface area (Å²) in [5.41, 5.74) is 2.32. The van der Waals surface area contributed by atoms with Crippen molar-refractivity contribution in [2.45, 2.75) is 39.3 Å². The number of H-pyrrole nitrogens is 1. The lowest BCUT2D eigenvalue weighted by molar-refractivity contribution is -0.133. The first-order chi connectivity index (χ1) is 13.5. The van der Waals surface area contributed by atoms with Gasteiger partial charge in [0.25, 0.3) is 5.56 Å². The standard InChI is InChI=1S/C23H26N2O3/c1-16(2)25(15-17-7-5-4-6-8-17)22(26)12-9-18-13-19-14-20(28-3)10-11-21(19)24-23(18)27/h4-8,10-11,13-14,16H,9,12,15H2,1-3H3,(H,24,27). The van der Waals surface area contributed by atoms with Crippen molar-refractivity contribution >= 4 is 16.8 Å². The first-order valence-corrected chi connectivity index (χ1v) is 9.51. The first kappa shape index (κ1) is 19.7. The Morgan fingerprint density at radius 3 is 2.54 bits per heavy atom. The van der Waals surface area contributed by atoms with Crippen LogP contribution in [-0.4, -0.2) is 28.9 Å². The molecule has 28 heavy (non-hydrogen) atoms. The number of pyridine rings is 1. The van der Waals surface area contributed by atoms with Gasteiger partial charge in [0.1, 0.15) is 5.75 Å². The van der Waals surface area contributed by atoms with Gasteiger partial charge in [-0.2, -0.15) is 0 Å². The lowest BCUT2D eigenvalue weighted by Gasteiger charge is -2.27. The van der Waals surface area contributed by atoms with Gasteiger partial charge in [0.2, 0.25) is 5.91 Å². The van der Waals surface area contributed by atoms with Gasteiger partial charge in [-0.15, -0.1) is 0 Å². The number of benzene rings is 2. The van der Waals surface area contributed by atoms with Gasteiger partial charge in [-0.25, -0.2) is 0 Å². The Kier molecular flexibility index (Phi) is 6.14. The summed E-state index contributed by atoms with van der Waals surface area (Å²) in [6.45, 7) is 4.59. The molecular weight excluding hydrogens is 352 g/mol. The summed E-state index contributed by atoms with van der Waals surface area (Å²) in [4.78, 5) is 30.0. The fraction of sp³-hybridized carbons (Fsp3) is 0.304. The number of hydrogen-bond donors (Lipinski definition) is 1. The van der Waals surface area contributed by atoms with Crippen molar-refractivity contribution in [3.05, 3.63) is 76.1 Å². The summed E-state index contributed by atoms with van der Waals surface area (Å²) >= 11 is 0. The molecule has 0 bridgehead atoms. The van der Waals surface area contributed by atoms with Crippen LogP contribution >= 0.6 is 0 Å². The zero-order valence-electron chi connectivity index (χ0n) is 16.6. The molecular formula is C23H26N2O3. The predicted molar refractivity (Wildman–Crippen MR) is 112 cm³/mol. The van der Waals surface area contributed by atoms with E-state index in [1.54, 1.807) is 7.11 Å². The largest absolute Gasteiger partial charge is 0.497 e. The first-order valence-electron chi connectivity index (χ1n) is 9.51. The van der Waals surface area contributed by atoms with Crippen LogP contribution in [0.1, 0.15) is 31.4 Å². The SMILES string of the molecule is COc1ccc2[nH]c(=O)c(CCC(=O)N(Cc3ccccc3)C(C)C)cc2c1. The number of aromatic amines is 1. The van der Waals surface area contributed by atoms with Gasteiger partial charge in [0.15, 0.2) is 0 Å². The molecule has 0 saturated heterocycles. The van der Waals surface area contributed by atoms with E-state index >= 15 is 0 Å². The average Bonchev–Trinajstić information content (AvgIpc) is 2.70. The van der Waals surface area contributed by atoms with Gasteiger partial charge in [0, 0.05) is 35.5 Å². The highest BCUT2D eigenvalue weighted by atomic mass is 16.5. The second-order valence-corrected chi connectivity index (χ2v) is 7.18. The quantitative estimate of drug-likeness (QED) is 0.678. The van der Waals surface area contributed by atoms with Crippen molar-refractivity contribution in [2.75, 3.05) is 7.11 Å². The number of nitrogens with zero attached hydrogens (tertiary/aromatic N) is 1. The van der Waals surface area contributed by atoms with Crippen molar-refractivity contribution in [3.8, 4) is 5.75 Å². The topological polar surface area (TPSA) is 62.4 Å². The monoisotopic (exact) mass is 378 g/mol. The number of hydrogen-bond acceptors (Lipinski definition) is 3. The molecule has 1 N–H and O–H groups in total. The molecule has 0 saturated carbocycles. The number of aromatic nitrogens is 1. The van der Waals surface area contributed by atoms with E-state index in [0.717, 1.165) is 22.2 Å². The maximum absolute atomic E-state index is 12.8. The van der Waals surface area contributed by atoms with Gasteiger partial charge in [0.05, 0.1) is 7.11 Å². The van der Waals surface area contributed by atoms with Crippen molar-refractivity contribution in [2.24, 2.45) is 0 Å². The molecule has 3 aromatic rings. The highest BCUT2D eigenvalue weighted by molar-refractivity contribution is 5.81. The van der Waals surface area contributed by atoms with E-state index < -0.39 is 0 Å². The summed E-state index contributed by atoms with van der Waals surface area (Å²) in [6, 6.07) is 17.4. The van der Waals surface area contributed by atoms with Crippen molar-refractivity contribution in [1.29, 1.82) is 0 Å². The Hall–Kier alpha value is -3.08. The molecule has 0 atom stereocenters. The van der Waals surface area contributed by atoms with Gasteiger partial charge in [-0.05, 0) is 50.1 Å². The Labute approximate surface area is 165 Å². The second kappa shape index (κ2) is 8.74. The molecule has 0 spiro atoms. The van der Waals surface area contributed by atoms with Crippen LogP contribution in [0.5, 0.6) is 5.75 Å². The van der Waals surface area contributed by atoms with Gasteiger partial charge < -0.3 is 14.6 Å². The van der Waals surface area contributed by atoms with E-state index in [2.05, 4.69) is 4.98 Å². The fourth-order valence-corrected chi connectivity index (χ4v) is 3.27. The molecule has 0 aliphatic heterocycles. The maximum atomic E-state index is 12.8. The summed E-state index contributed by atoms with van der Waals surface area (Å²) in [5.74, 6) is 0.777. The molecule has 1 amide bonds. The summed E-state index contributed by atoms with van der Waals surface area (Å²) in [5, 5.41) is 0.895. The Bertz CT molecular complexity index is 1010. The van der Waals surface area contributed by atoms with Crippen LogP contribution in [0.15, 0.2) is 59.4 Å². The number of carbonyl (C=O) groups excluding carboxylic acids is 1. The Balaban J connectivity index is 1.75. The number of fused-ring (bicyclic) bond motifs is 1. The third-order valence-corrected chi connectivity index (χ3v) is 4.88. The number of rotatable bonds is 7. The van der Waals surface area contributed by atoms with Crippen LogP contribution in [0.3, 0.4) is 0 Å². The molecule has 0 radical (unpaired) electrons. The minimum absolute atomic E-state index is 0.0454. The van der Waals surface area contributed by atoms with Crippen molar-refractivity contribution in [3.63, 3.8) is 0 Å². The smallest absolute Gasteiger partial charge is 0.251 e. The summed E-state index contributed by atoms with van der Waals surface area (Å²) < 4.78 is 5.25. The highest BCUT2D eigenvalue weighted by Gasteiger charge is 2.18. The number of aryl methyl sites for hydroxylation is 1. The third kappa shape index (κ3) is 4.60. The zero-order valence-corrected chi connectivity index (χ0v) is 16.6. The lowest BCUT2D eigenvalue weighted by atomic mass is 10.1. The number of amides is 1. The normalized spacial score (nSPS) is 11.0. The van der Waals surface area contributed by atoms with E-state index in [9.17, 15) is 9.59 Å². The van der Waals surface area contributed by atoms with E-state index in [4.69, 9.17) is 4.74 Å². The average molecular weight is 378 g/mol. The maximum Gasteiger partial charge on any atom is 0.251 e. The van der Waals surface area contributed by atoms with Gasteiger partial charge in [-0.1, -0.05) is 30.3 Å². The van der Waals surface area contributed by atoms with E-state index in [1.165, 1.54) is 0 Å². The third-order valence-electron chi connectivity index (χ3n) is 4.88. The molecule has 3 rings (SSSR count). The zero-order chi connectivity index (χ0) is 20.1. The minimum Gasteiger partial charge on any atom is -0.497 e. The van der Waals surface area contributed by atoms with Crippen molar-refractivity contribution in [1.82, 2.24) is 9.88 Å². The number of methoxy groups -OCH3 is 1. The molecule has 5 heteroatoms. The van der Waals surface area contributed by atoms with Crippen LogP contribution in [0.4, 0.5) is 0 Å². The van der Waals surface area contributed by atoms with Crippen molar-refractivity contribution < 1.29 is 9.53 Å². The molecule has 1 aromatic heterocycles. The van der Waals surface area contributed by atoms with Crippen LogP contribution in [0.25, 0.3) is 10.9 Å². The van der Waals surface area contributed by atoms with Crippen LogP contribution in [0, 0.1) is 0 Å². The van der Waals surface area contributed by atoms with Gasteiger partial charge >= 0.3 is 0 Å². The molecule has 0 aliphatic rings. The fourth-order valence-electron chi connectivity index (χ4n) is 3.27. The molecule has 146 valence electrons. The van der Waals surface area contributed by atoms with Crippen LogP contribution in [-0.2, 0) is 17.8 Å². The molecule has 0 unspecified atom stereocenters. The van der Waals surface area contributed by atoms with Crippen LogP contribution in [0.2, 0.25) is 0 Å². The Morgan fingerprint density at radius 2 is 1.86 bits per heavy atom. The number of ether oxygens (including phenoxy) is 1. The lowest BCUT2D eigenvalue weighted by Crippen LogP contribution is -2.36. The van der Waals surface area contributed by atoms with E-state index in [0.29, 0.717) is 24.9 Å². The van der Waals surface area contributed by atoms with Gasteiger partial charge in [-0.3, -0.25) is 9.59 Å². The summed E-state index contributed by atoms with van der Waals surface area (Å²) in [7, 11) is 1.61. The highest BCUT2D eigenvalue weighted by Crippen LogP contribution is 2.19. The second-order valence-electron chi connectivity index (χ2n) is 7.18. The number of nitrogens with one attached hydrogen (secondary N) is 1. The molecule has 0 fully saturated rings. The Morgan fingerprint density at radius 1 is 1.11 bits per heavy atom. The van der Waals surface area contributed by atoms with E-state index in [-0.39, 0.29) is 17.5 Å².